The highest BCUT2D eigenvalue weighted by molar-refractivity contribution is 9.10. The lowest BCUT2D eigenvalue weighted by Gasteiger charge is -2.11. The van der Waals surface area contributed by atoms with Crippen molar-refractivity contribution in [1.29, 1.82) is 0 Å². The summed E-state index contributed by atoms with van der Waals surface area (Å²) in [6.07, 6.45) is 0. The fourth-order valence-corrected chi connectivity index (χ4v) is 3.37. The van der Waals surface area contributed by atoms with Gasteiger partial charge in [-0.3, -0.25) is 4.72 Å². The van der Waals surface area contributed by atoms with Crippen molar-refractivity contribution in [1.82, 2.24) is 0 Å². The zero-order valence-corrected chi connectivity index (χ0v) is 13.5. The largest absolute Gasteiger partial charge is 0.478 e. The number of hydrogen-bond acceptors (Lipinski definition) is 3. The van der Waals surface area contributed by atoms with E-state index in [9.17, 15) is 13.2 Å². The van der Waals surface area contributed by atoms with Gasteiger partial charge < -0.3 is 5.11 Å². The second kappa shape index (κ2) is 6.05. The lowest BCUT2D eigenvalue weighted by atomic mass is 10.2. The van der Waals surface area contributed by atoms with E-state index in [2.05, 4.69) is 20.7 Å². The number of hydrogen-bond donors (Lipinski definition) is 2. The van der Waals surface area contributed by atoms with E-state index in [4.69, 9.17) is 16.7 Å². The molecule has 2 N–H and O–H groups in total. The van der Waals surface area contributed by atoms with E-state index < -0.39 is 16.0 Å². The van der Waals surface area contributed by atoms with Crippen LogP contribution in [0.5, 0.6) is 0 Å². The molecule has 0 saturated carbocycles. The molecule has 0 radical (unpaired) electrons. The minimum absolute atomic E-state index is 0.108. The van der Waals surface area contributed by atoms with Crippen LogP contribution in [0.1, 0.15) is 10.4 Å². The Labute approximate surface area is 134 Å². The molecule has 0 aliphatic carbocycles. The van der Waals surface area contributed by atoms with Crippen molar-refractivity contribution in [2.45, 2.75) is 4.90 Å². The van der Waals surface area contributed by atoms with Gasteiger partial charge in [-0.05, 0) is 46.3 Å². The molecule has 0 unspecified atom stereocenters. The monoisotopic (exact) mass is 389 g/mol. The van der Waals surface area contributed by atoms with Gasteiger partial charge in [-0.1, -0.05) is 23.7 Å². The predicted molar refractivity (Wildman–Crippen MR) is 83.4 cm³/mol. The van der Waals surface area contributed by atoms with Gasteiger partial charge in [0.05, 0.1) is 25.6 Å². The number of sulfonamides is 1. The third kappa shape index (κ3) is 3.55. The normalized spacial score (nSPS) is 11.1. The quantitative estimate of drug-likeness (QED) is 0.835. The fraction of sp³-hybridized carbons (Fsp3) is 0. The van der Waals surface area contributed by atoms with E-state index in [0.717, 1.165) is 6.07 Å². The number of anilines is 1. The second-order valence-electron chi connectivity index (χ2n) is 4.04. The van der Waals surface area contributed by atoms with Crippen molar-refractivity contribution in [2.24, 2.45) is 0 Å². The molecule has 2 aromatic carbocycles. The molecule has 0 amide bonds. The van der Waals surface area contributed by atoms with E-state index in [1.54, 1.807) is 12.1 Å². The number of halogens is 2. The Morgan fingerprint density at radius 1 is 1.19 bits per heavy atom. The summed E-state index contributed by atoms with van der Waals surface area (Å²) in [5, 5.41) is 9.26. The van der Waals surface area contributed by atoms with Gasteiger partial charge in [-0.25, -0.2) is 13.2 Å². The maximum atomic E-state index is 12.3. The fourth-order valence-electron chi connectivity index (χ4n) is 1.58. The zero-order valence-electron chi connectivity index (χ0n) is 10.4. The zero-order chi connectivity index (χ0) is 15.6. The van der Waals surface area contributed by atoms with Crippen molar-refractivity contribution < 1.29 is 18.3 Å². The third-order valence-corrected chi connectivity index (χ3v) is 5.35. The number of benzene rings is 2. The Hall–Kier alpha value is -1.57. The molecule has 0 fully saturated rings. The van der Waals surface area contributed by atoms with Crippen molar-refractivity contribution in [2.75, 3.05) is 4.72 Å². The molecule has 8 heteroatoms. The summed E-state index contributed by atoms with van der Waals surface area (Å²) >= 11 is 9.09. The summed E-state index contributed by atoms with van der Waals surface area (Å²) in [4.78, 5) is 10.8. The Morgan fingerprint density at radius 3 is 2.52 bits per heavy atom. The van der Waals surface area contributed by atoms with Crippen LogP contribution in [-0.2, 0) is 10.0 Å². The molecule has 110 valence electrons. The molecule has 0 heterocycles. The van der Waals surface area contributed by atoms with Crippen LogP contribution in [-0.4, -0.2) is 19.5 Å². The van der Waals surface area contributed by atoms with E-state index >= 15 is 0 Å². The topological polar surface area (TPSA) is 83.5 Å². The molecule has 0 spiro atoms. The minimum atomic E-state index is -3.91. The highest BCUT2D eigenvalue weighted by atomic mass is 79.9. The Bertz CT molecular complexity index is 808. The highest BCUT2D eigenvalue weighted by Gasteiger charge is 2.18. The molecule has 0 aromatic heterocycles. The first-order valence-corrected chi connectivity index (χ1v) is 8.27. The van der Waals surface area contributed by atoms with Gasteiger partial charge in [0.1, 0.15) is 0 Å². The van der Waals surface area contributed by atoms with Crippen LogP contribution in [0, 0.1) is 0 Å². The predicted octanol–water partition coefficient (Wildman–Crippen LogP) is 3.60. The van der Waals surface area contributed by atoms with Crippen LogP contribution < -0.4 is 4.72 Å². The summed E-state index contributed by atoms with van der Waals surface area (Å²) < 4.78 is 27.3. The summed E-state index contributed by atoms with van der Waals surface area (Å²) in [5.41, 5.74) is 0.159. The molecule has 0 bridgehead atoms. The van der Waals surface area contributed by atoms with Crippen molar-refractivity contribution in [3.8, 4) is 0 Å². The average Bonchev–Trinajstić information content (AvgIpc) is 2.44. The molecule has 21 heavy (non-hydrogen) atoms. The van der Waals surface area contributed by atoms with Crippen LogP contribution in [0.25, 0.3) is 0 Å². The van der Waals surface area contributed by atoms with Crippen molar-refractivity contribution >= 4 is 49.2 Å². The van der Waals surface area contributed by atoms with Gasteiger partial charge in [-0.2, -0.15) is 0 Å². The lowest BCUT2D eigenvalue weighted by Crippen LogP contribution is -2.14. The minimum Gasteiger partial charge on any atom is -0.478 e. The SMILES string of the molecule is O=C(O)c1cccc(S(=O)(=O)Nc2cccc(Cl)c2Br)c1. The number of carboxylic acid groups (broad SMARTS) is 1. The van der Waals surface area contributed by atoms with E-state index in [1.807, 2.05) is 0 Å². The van der Waals surface area contributed by atoms with Gasteiger partial charge in [0, 0.05) is 0 Å². The Morgan fingerprint density at radius 2 is 1.86 bits per heavy atom. The molecule has 2 rings (SSSR count). The van der Waals surface area contributed by atoms with Gasteiger partial charge in [0.2, 0.25) is 0 Å². The average molecular weight is 391 g/mol. The summed E-state index contributed by atoms with van der Waals surface area (Å²) in [6, 6.07) is 9.82. The number of rotatable bonds is 4. The van der Waals surface area contributed by atoms with E-state index in [1.165, 1.54) is 24.3 Å². The summed E-state index contributed by atoms with van der Waals surface area (Å²) in [5.74, 6) is -1.20. The third-order valence-electron chi connectivity index (χ3n) is 2.59. The van der Waals surface area contributed by atoms with Crippen molar-refractivity contribution in [3.63, 3.8) is 0 Å². The van der Waals surface area contributed by atoms with Gasteiger partial charge in [-0.15, -0.1) is 0 Å². The molecule has 2 aromatic rings. The summed E-state index contributed by atoms with van der Waals surface area (Å²) in [6.45, 7) is 0. The van der Waals surface area contributed by atoms with Crippen LogP contribution in [0.2, 0.25) is 5.02 Å². The molecular formula is C13H9BrClNO4S. The maximum absolute atomic E-state index is 12.3. The van der Waals surface area contributed by atoms with Gasteiger partial charge in [0.25, 0.3) is 10.0 Å². The Balaban J connectivity index is 2.41. The second-order valence-corrected chi connectivity index (χ2v) is 6.92. The van der Waals surface area contributed by atoms with E-state index in [-0.39, 0.29) is 16.1 Å². The Kier molecular flexibility index (Phi) is 4.55. The lowest BCUT2D eigenvalue weighted by molar-refractivity contribution is 0.0696. The van der Waals surface area contributed by atoms with Gasteiger partial charge >= 0.3 is 5.97 Å². The number of nitrogens with one attached hydrogen (secondary N) is 1. The number of carbonyl (C=O) groups is 1. The van der Waals surface area contributed by atoms with Crippen LogP contribution in [0.3, 0.4) is 0 Å². The molecule has 5 nitrogen and oxygen atoms in total. The first kappa shape index (κ1) is 15.8. The van der Waals surface area contributed by atoms with E-state index in [0.29, 0.717) is 9.50 Å². The molecular weight excluding hydrogens is 382 g/mol. The van der Waals surface area contributed by atoms with Crippen molar-refractivity contribution in [3.05, 3.63) is 57.5 Å². The highest BCUT2D eigenvalue weighted by Crippen LogP contribution is 2.31. The molecule has 0 aliphatic rings. The number of carboxylic acids is 1. The molecule has 0 atom stereocenters. The first-order valence-electron chi connectivity index (χ1n) is 5.61. The summed E-state index contributed by atoms with van der Waals surface area (Å²) in [7, 11) is -3.91. The molecule has 0 aliphatic heterocycles. The van der Waals surface area contributed by atoms with Crippen LogP contribution in [0.15, 0.2) is 51.8 Å². The first-order chi connectivity index (χ1) is 9.81. The molecule has 0 saturated heterocycles. The van der Waals surface area contributed by atoms with Crippen LogP contribution in [0.4, 0.5) is 5.69 Å². The maximum Gasteiger partial charge on any atom is 0.335 e. The standard InChI is InChI=1S/C13H9BrClNO4S/c14-12-10(15)5-2-6-11(12)16-21(19,20)9-4-1-3-8(7-9)13(17)18/h1-7,16H,(H,17,18). The van der Waals surface area contributed by atoms with Crippen LogP contribution >= 0.6 is 27.5 Å². The number of aromatic carboxylic acids is 1. The van der Waals surface area contributed by atoms with Gasteiger partial charge in [0.15, 0.2) is 0 Å². The smallest absolute Gasteiger partial charge is 0.335 e.